The van der Waals surface area contributed by atoms with Crippen LogP contribution in [0.4, 0.5) is 0 Å². The van der Waals surface area contributed by atoms with Gasteiger partial charge in [-0.2, -0.15) is 11.3 Å². The van der Waals surface area contributed by atoms with Gasteiger partial charge in [-0.1, -0.05) is 117 Å². The quantitative estimate of drug-likeness (QED) is 0.123. The summed E-state index contributed by atoms with van der Waals surface area (Å²) < 4.78 is 2.61. The molecule has 249 valence electrons. The van der Waals surface area contributed by atoms with Crippen LogP contribution in [0.1, 0.15) is 37.7 Å². The number of pyridine rings is 2. The molecule has 0 atom stereocenters. The van der Waals surface area contributed by atoms with Crippen molar-refractivity contribution in [3.63, 3.8) is 0 Å². The molecule has 49 heavy (non-hydrogen) atoms. The van der Waals surface area contributed by atoms with Crippen LogP contribution in [0.3, 0.4) is 0 Å². The van der Waals surface area contributed by atoms with Crippen molar-refractivity contribution >= 4 is 44.8 Å². The summed E-state index contributed by atoms with van der Waals surface area (Å²) in [6.07, 6.45) is 12.1. The van der Waals surface area contributed by atoms with Crippen LogP contribution in [-0.4, -0.2) is 18.0 Å². The van der Waals surface area contributed by atoms with Gasteiger partial charge in [-0.05, 0) is 68.3 Å². The Kier molecular flexibility index (Phi) is 11.4. The molecular formula is C44H42IrN2SSi-2. The van der Waals surface area contributed by atoms with Gasteiger partial charge in [0.2, 0.25) is 0 Å². The van der Waals surface area contributed by atoms with Crippen molar-refractivity contribution in [2.45, 2.75) is 58.2 Å². The predicted molar refractivity (Wildman–Crippen MR) is 209 cm³/mol. The summed E-state index contributed by atoms with van der Waals surface area (Å²) in [5, 5.41) is 4.02. The van der Waals surface area contributed by atoms with Crippen molar-refractivity contribution in [1.82, 2.24) is 9.97 Å². The number of nitrogens with zero attached hydrogens (tertiary/aromatic N) is 2. The van der Waals surface area contributed by atoms with E-state index in [-0.39, 0.29) is 20.1 Å². The number of benzene rings is 4. The molecule has 1 aliphatic rings. The Labute approximate surface area is 310 Å². The van der Waals surface area contributed by atoms with Crippen molar-refractivity contribution < 1.29 is 20.1 Å². The first kappa shape index (κ1) is 35.1. The predicted octanol–water partition coefficient (Wildman–Crippen LogP) is 11.8. The molecule has 3 heterocycles. The summed E-state index contributed by atoms with van der Waals surface area (Å²) in [4.78, 5) is 9.28. The zero-order valence-corrected chi connectivity index (χ0v) is 32.7. The minimum atomic E-state index is -1.23. The van der Waals surface area contributed by atoms with Crippen molar-refractivity contribution in [1.29, 1.82) is 0 Å². The first-order valence-electron chi connectivity index (χ1n) is 17.2. The van der Waals surface area contributed by atoms with Gasteiger partial charge in [0.05, 0.1) is 8.07 Å². The maximum Gasteiger partial charge on any atom is 0.0795 e. The molecule has 1 radical (unpaired) electrons. The normalized spacial score (nSPS) is 13.4. The van der Waals surface area contributed by atoms with Crippen LogP contribution in [0.5, 0.6) is 0 Å². The van der Waals surface area contributed by atoms with E-state index in [9.17, 15) is 0 Å². The molecule has 8 rings (SSSR count). The van der Waals surface area contributed by atoms with Crippen molar-refractivity contribution in [3.05, 3.63) is 139 Å². The Morgan fingerprint density at radius 2 is 1.53 bits per heavy atom. The monoisotopic (exact) mass is 851 g/mol. The summed E-state index contributed by atoms with van der Waals surface area (Å²) in [5.41, 5.74) is 8.19. The Morgan fingerprint density at radius 1 is 0.714 bits per heavy atom. The van der Waals surface area contributed by atoms with Gasteiger partial charge in [-0.25, -0.2) is 0 Å². The number of rotatable bonds is 6. The Balaban J connectivity index is 0.000000208. The van der Waals surface area contributed by atoms with E-state index < -0.39 is 8.07 Å². The zero-order valence-electron chi connectivity index (χ0n) is 28.5. The molecule has 3 aromatic heterocycles. The third kappa shape index (κ3) is 8.36. The van der Waals surface area contributed by atoms with Crippen LogP contribution >= 0.6 is 11.3 Å². The molecule has 2 nitrogen and oxygen atoms in total. The van der Waals surface area contributed by atoms with Gasteiger partial charge >= 0.3 is 0 Å². The fourth-order valence-electron chi connectivity index (χ4n) is 6.75. The van der Waals surface area contributed by atoms with Crippen molar-refractivity contribution in [2.75, 3.05) is 0 Å². The second-order valence-corrected chi connectivity index (χ2v) is 20.1. The first-order chi connectivity index (χ1) is 23.4. The average Bonchev–Trinajstić information content (AvgIpc) is 3.51. The molecule has 1 fully saturated rings. The molecule has 0 amide bonds. The summed E-state index contributed by atoms with van der Waals surface area (Å²) >= 11 is 1.86. The summed E-state index contributed by atoms with van der Waals surface area (Å²) in [6.45, 7) is 7.00. The Bertz CT molecular complexity index is 2110. The molecule has 1 saturated carbocycles. The molecule has 0 spiro atoms. The zero-order chi connectivity index (χ0) is 32.9. The number of hydrogen-bond donors (Lipinski definition) is 0. The molecular weight excluding hydrogens is 809 g/mol. The molecule has 0 unspecified atom stereocenters. The van der Waals surface area contributed by atoms with Gasteiger partial charge in [-0.3, -0.25) is 0 Å². The number of fused-ring (bicyclic) bond motifs is 3. The number of thiophene rings is 1. The van der Waals surface area contributed by atoms with Crippen LogP contribution in [0.25, 0.3) is 53.8 Å². The van der Waals surface area contributed by atoms with Gasteiger partial charge in [0.1, 0.15) is 0 Å². The van der Waals surface area contributed by atoms with Crippen molar-refractivity contribution in [2.24, 2.45) is 5.92 Å². The first-order valence-corrected chi connectivity index (χ1v) is 21.6. The van der Waals surface area contributed by atoms with E-state index in [2.05, 4.69) is 122 Å². The van der Waals surface area contributed by atoms with Crippen LogP contribution in [0.15, 0.2) is 122 Å². The Hall–Kier alpha value is -3.73. The van der Waals surface area contributed by atoms with Gasteiger partial charge in [0.15, 0.2) is 0 Å². The second kappa shape index (κ2) is 15.9. The SMILES string of the molecule is C[Si](C)(C)c1ccc(-c2[c-]cccc2)nc1.[Ir].[c-]1ccc2c(sc3ccc(-c4ccccc4)cc32)c1-c1cc(CC2CCCCC2)ccn1. The van der Waals surface area contributed by atoms with Crippen molar-refractivity contribution in [3.8, 4) is 33.6 Å². The van der Waals surface area contributed by atoms with Crippen LogP contribution in [-0.2, 0) is 26.5 Å². The van der Waals surface area contributed by atoms with Crippen LogP contribution in [0.2, 0.25) is 19.6 Å². The minimum Gasteiger partial charge on any atom is -0.305 e. The fourth-order valence-corrected chi connectivity index (χ4v) is 8.98. The smallest absolute Gasteiger partial charge is 0.0795 e. The van der Waals surface area contributed by atoms with Crippen LogP contribution < -0.4 is 5.19 Å². The molecule has 1 aliphatic carbocycles. The molecule has 5 heteroatoms. The number of hydrogen-bond acceptors (Lipinski definition) is 3. The third-order valence-corrected chi connectivity index (χ3v) is 12.7. The third-order valence-electron chi connectivity index (χ3n) is 9.48. The number of aromatic nitrogens is 2. The summed E-state index contributed by atoms with van der Waals surface area (Å²) in [5.74, 6) is 0.833. The van der Waals surface area contributed by atoms with Gasteiger partial charge in [-0.15, -0.1) is 59.7 Å². The molecule has 7 aromatic rings. The largest absolute Gasteiger partial charge is 0.305 e. The molecule has 0 aliphatic heterocycles. The maximum absolute atomic E-state index is 4.76. The molecule has 0 saturated heterocycles. The average molecular weight is 851 g/mol. The van der Waals surface area contributed by atoms with E-state index in [0.29, 0.717) is 0 Å². The van der Waals surface area contributed by atoms with E-state index in [4.69, 9.17) is 4.98 Å². The van der Waals surface area contributed by atoms with Gasteiger partial charge in [0.25, 0.3) is 0 Å². The molecule has 4 aromatic carbocycles. The summed E-state index contributed by atoms with van der Waals surface area (Å²) in [7, 11) is -1.23. The Morgan fingerprint density at radius 3 is 2.27 bits per heavy atom. The minimum absolute atomic E-state index is 0. The summed E-state index contributed by atoms with van der Waals surface area (Å²) in [6, 6.07) is 45.2. The maximum atomic E-state index is 4.76. The van der Waals surface area contributed by atoms with E-state index in [1.807, 2.05) is 48.0 Å². The topological polar surface area (TPSA) is 25.8 Å². The standard InChI is InChI=1S/C30H26NS.C14H16NSi.Ir/c1-3-8-21(9-4-1)18-22-16-17-31-28(19-22)26-13-7-12-25-27-20-24(23-10-5-2-6-11-23)14-15-29(27)32-30(25)26;1-16(2,3)13-9-10-14(15-11-13)12-7-5-4-6-8-12;/h2,5-7,10-12,14-17,19-21H,1,3-4,8-9,18H2;4-7,9-11H,1-3H3;/q2*-1;. The second-order valence-electron chi connectivity index (χ2n) is 14.0. The van der Waals surface area contributed by atoms with Gasteiger partial charge in [0, 0.05) is 37.2 Å². The molecule has 0 bridgehead atoms. The van der Waals surface area contributed by atoms with Gasteiger partial charge < -0.3 is 9.97 Å². The van der Waals surface area contributed by atoms with E-state index in [0.717, 1.165) is 28.4 Å². The fraction of sp³-hybridized carbons (Fsp3) is 0.227. The van der Waals surface area contributed by atoms with Crippen LogP contribution in [0, 0.1) is 18.1 Å². The molecule has 0 N–H and O–H groups in total. The van der Waals surface area contributed by atoms with E-state index >= 15 is 0 Å². The van der Waals surface area contributed by atoms with E-state index in [1.54, 1.807) is 0 Å². The van der Waals surface area contributed by atoms with E-state index in [1.165, 1.54) is 80.6 Å².